The summed E-state index contributed by atoms with van der Waals surface area (Å²) in [7, 11) is -4.52. The number of nitriles is 1. The fourth-order valence-corrected chi connectivity index (χ4v) is 4.24. The van der Waals surface area contributed by atoms with Crippen molar-refractivity contribution in [1.82, 2.24) is 20.6 Å². The second kappa shape index (κ2) is 8.89. The van der Waals surface area contributed by atoms with Crippen LogP contribution in [0, 0.1) is 11.3 Å². The molecule has 0 saturated carbocycles. The predicted octanol–water partition coefficient (Wildman–Crippen LogP) is 3.87. The lowest BCUT2D eigenvalue weighted by atomic mass is 9.87. The zero-order chi connectivity index (χ0) is 22.6. The number of H-pyrrole nitrogens is 1. The van der Waals surface area contributed by atoms with E-state index in [2.05, 4.69) is 46.7 Å². The Hall–Kier alpha value is -3.20. The van der Waals surface area contributed by atoms with E-state index >= 15 is 0 Å². The van der Waals surface area contributed by atoms with Crippen LogP contribution in [0.3, 0.4) is 0 Å². The van der Waals surface area contributed by atoms with Crippen LogP contribution in [0.2, 0.25) is 0 Å². The summed E-state index contributed by atoms with van der Waals surface area (Å²) < 4.78 is 33.6. The standard InChI is InChI=1S/C20H20N6O3S2/c1-20(2,3)14-4-6-15(7-5-14)30-16-8-9-17(18(10-16)31(27,28)29)22-12-13(11-21)19-23-25-26-24-19/h4-10,12,22H,1-3H3,(H,27,28,29)(H,23,24,25,26). The number of nitrogens with zero attached hydrogens (tertiary/aromatic N) is 4. The molecule has 160 valence electrons. The molecule has 0 fully saturated rings. The minimum atomic E-state index is -4.52. The average molecular weight is 457 g/mol. The highest BCUT2D eigenvalue weighted by atomic mass is 32.2. The molecule has 0 aliphatic carbocycles. The van der Waals surface area contributed by atoms with Gasteiger partial charge in [-0.15, -0.1) is 10.2 Å². The van der Waals surface area contributed by atoms with E-state index in [9.17, 15) is 18.2 Å². The zero-order valence-corrected chi connectivity index (χ0v) is 18.6. The quantitative estimate of drug-likeness (QED) is 0.372. The van der Waals surface area contributed by atoms with Crippen molar-refractivity contribution < 1.29 is 13.0 Å². The van der Waals surface area contributed by atoms with E-state index in [1.54, 1.807) is 6.07 Å². The maximum atomic E-state index is 11.9. The van der Waals surface area contributed by atoms with Crippen molar-refractivity contribution in [2.75, 3.05) is 5.32 Å². The Balaban J connectivity index is 1.88. The summed E-state index contributed by atoms with van der Waals surface area (Å²) in [4.78, 5) is 1.24. The van der Waals surface area contributed by atoms with Crippen molar-refractivity contribution in [2.24, 2.45) is 0 Å². The van der Waals surface area contributed by atoms with Gasteiger partial charge in [0.05, 0.1) is 5.69 Å². The molecule has 0 unspecified atom stereocenters. The lowest BCUT2D eigenvalue weighted by Crippen LogP contribution is -2.10. The Morgan fingerprint density at radius 1 is 1.19 bits per heavy atom. The molecule has 0 aliphatic heterocycles. The monoisotopic (exact) mass is 456 g/mol. The van der Waals surface area contributed by atoms with Crippen LogP contribution in [-0.4, -0.2) is 33.6 Å². The number of aromatic amines is 1. The number of rotatable bonds is 6. The van der Waals surface area contributed by atoms with Crippen molar-refractivity contribution >= 4 is 33.1 Å². The molecule has 0 saturated heterocycles. The minimum Gasteiger partial charge on any atom is -0.359 e. The van der Waals surface area contributed by atoms with Gasteiger partial charge in [0.1, 0.15) is 16.5 Å². The Morgan fingerprint density at radius 2 is 1.87 bits per heavy atom. The van der Waals surface area contributed by atoms with Crippen LogP contribution in [0.1, 0.15) is 32.2 Å². The van der Waals surface area contributed by atoms with Gasteiger partial charge in [0.25, 0.3) is 10.1 Å². The molecule has 3 N–H and O–H groups in total. The number of tetrazole rings is 1. The fourth-order valence-electron chi connectivity index (χ4n) is 2.63. The van der Waals surface area contributed by atoms with Gasteiger partial charge in [-0.05, 0) is 46.5 Å². The molecule has 0 spiro atoms. The van der Waals surface area contributed by atoms with E-state index in [4.69, 9.17) is 0 Å². The van der Waals surface area contributed by atoms with Gasteiger partial charge in [-0.1, -0.05) is 44.7 Å². The van der Waals surface area contributed by atoms with Gasteiger partial charge in [0, 0.05) is 16.0 Å². The molecule has 11 heteroatoms. The summed E-state index contributed by atoms with van der Waals surface area (Å²) in [5.41, 5.74) is 1.36. The van der Waals surface area contributed by atoms with E-state index < -0.39 is 10.1 Å². The Bertz CT molecular complexity index is 1240. The smallest absolute Gasteiger partial charge is 0.296 e. The van der Waals surface area contributed by atoms with Crippen molar-refractivity contribution in [2.45, 2.75) is 40.9 Å². The van der Waals surface area contributed by atoms with Crippen LogP contribution < -0.4 is 5.32 Å². The molecule has 1 heterocycles. The number of nitrogens with one attached hydrogen (secondary N) is 2. The molecule has 0 aliphatic rings. The normalized spacial score (nSPS) is 12.4. The number of hydrogen-bond donors (Lipinski definition) is 3. The summed E-state index contributed by atoms with van der Waals surface area (Å²) in [6.45, 7) is 6.39. The second-order valence-electron chi connectivity index (χ2n) is 7.56. The van der Waals surface area contributed by atoms with E-state index in [0.717, 1.165) is 4.90 Å². The molecule has 0 amide bonds. The summed E-state index contributed by atoms with van der Waals surface area (Å²) in [6.07, 6.45) is 1.24. The Labute approximate surface area is 184 Å². The maximum absolute atomic E-state index is 11.9. The third-order valence-electron chi connectivity index (χ3n) is 4.27. The Kier molecular flexibility index (Phi) is 6.45. The van der Waals surface area contributed by atoms with E-state index in [0.29, 0.717) is 4.90 Å². The van der Waals surface area contributed by atoms with Gasteiger partial charge in [-0.2, -0.15) is 18.9 Å². The van der Waals surface area contributed by atoms with Gasteiger partial charge in [0.15, 0.2) is 0 Å². The molecular weight excluding hydrogens is 436 g/mol. The van der Waals surface area contributed by atoms with Gasteiger partial charge in [-0.3, -0.25) is 4.55 Å². The number of hydrogen-bond acceptors (Lipinski definition) is 8. The van der Waals surface area contributed by atoms with Crippen LogP contribution in [0.5, 0.6) is 0 Å². The molecule has 9 nitrogen and oxygen atoms in total. The van der Waals surface area contributed by atoms with Crippen molar-refractivity contribution in [1.29, 1.82) is 5.26 Å². The molecular formula is C20H20N6O3S2. The lowest BCUT2D eigenvalue weighted by molar-refractivity contribution is 0.483. The van der Waals surface area contributed by atoms with Crippen LogP contribution >= 0.6 is 11.8 Å². The largest absolute Gasteiger partial charge is 0.359 e. The first-order chi connectivity index (χ1) is 14.6. The maximum Gasteiger partial charge on any atom is 0.296 e. The molecule has 3 aromatic rings. The fraction of sp³-hybridized carbons (Fsp3) is 0.200. The van der Waals surface area contributed by atoms with Crippen molar-refractivity contribution in [3.05, 3.63) is 60.1 Å². The number of anilines is 1. The molecule has 0 bridgehead atoms. The number of allylic oxidation sites excluding steroid dienone is 1. The highest BCUT2D eigenvalue weighted by Crippen LogP contribution is 2.34. The van der Waals surface area contributed by atoms with Gasteiger partial charge >= 0.3 is 0 Å². The highest BCUT2D eigenvalue weighted by Gasteiger charge is 2.18. The van der Waals surface area contributed by atoms with Crippen molar-refractivity contribution in [3.8, 4) is 6.07 Å². The third-order valence-corrected chi connectivity index (χ3v) is 6.16. The molecule has 2 aromatic carbocycles. The molecule has 0 radical (unpaired) electrons. The Morgan fingerprint density at radius 3 is 2.42 bits per heavy atom. The second-order valence-corrected chi connectivity index (χ2v) is 10.1. The summed E-state index contributed by atoms with van der Waals surface area (Å²) in [5.74, 6) is 0.0503. The van der Waals surface area contributed by atoms with Crippen molar-refractivity contribution in [3.63, 3.8) is 0 Å². The predicted molar refractivity (Wildman–Crippen MR) is 117 cm³/mol. The first kappa shape index (κ1) is 22.5. The molecule has 31 heavy (non-hydrogen) atoms. The molecule has 0 atom stereocenters. The van der Waals surface area contributed by atoms with Crippen LogP contribution in [0.15, 0.2) is 63.4 Å². The van der Waals surface area contributed by atoms with E-state index in [-0.39, 0.29) is 27.4 Å². The zero-order valence-electron chi connectivity index (χ0n) is 17.0. The highest BCUT2D eigenvalue weighted by molar-refractivity contribution is 7.99. The first-order valence-corrected chi connectivity index (χ1v) is 11.3. The van der Waals surface area contributed by atoms with Crippen LogP contribution in [0.25, 0.3) is 5.57 Å². The number of aromatic nitrogens is 4. The van der Waals surface area contributed by atoms with E-state index in [1.807, 2.05) is 30.3 Å². The van der Waals surface area contributed by atoms with Crippen LogP contribution in [-0.2, 0) is 15.5 Å². The van der Waals surface area contributed by atoms with Gasteiger partial charge in [-0.25, -0.2) is 0 Å². The topological polar surface area (TPSA) is 145 Å². The van der Waals surface area contributed by atoms with Crippen LogP contribution in [0.4, 0.5) is 5.69 Å². The summed E-state index contributed by atoms with van der Waals surface area (Å²) >= 11 is 1.37. The first-order valence-electron chi connectivity index (χ1n) is 9.08. The average Bonchev–Trinajstić information content (AvgIpc) is 3.23. The summed E-state index contributed by atoms with van der Waals surface area (Å²) in [6, 6.07) is 14.5. The van der Waals surface area contributed by atoms with Gasteiger partial charge < -0.3 is 5.32 Å². The molecule has 1 aromatic heterocycles. The number of benzene rings is 2. The third kappa shape index (κ3) is 5.69. The molecule has 3 rings (SSSR count). The van der Waals surface area contributed by atoms with E-state index in [1.165, 1.54) is 35.7 Å². The SMILES string of the molecule is CC(C)(C)c1ccc(Sc2ccc(NC=C(C#N)c3nn[nH]n3)c(S(=O)(=O)O)c2)cc1. The minimum absolute atomic E-state index is 0.0337. The summed E-state index contributed by atoms with van der Waals surface area (Å²) in [5, 5.41) is 25.0. The van der Waals surface area contributed by atoms with Gasteiger partial charge in [0.2, 0.25) is 5.82 Å². The lowest BCUT2D eigenvalue weighted by Gasteiger charge is -2.19.